The molecule has 9 nitrogen and oxygen atoms in total. The third-order valence-corrected chi connectivity index (χ3v) is 5.04. The smallest absolute Gasteiger partial charge is 0.337 e. The Hall–Kier alpha value is -3.11. The van der Waals surface area contributed by atoms with Gasteiger partial charge in [-0.3, -0.25) is 4.79 Å². The Morgan fingerprint density at radius 1 is 1.11 bits per heavy atom. The van der Waals surface area contributed by atoms with E-state index in [1.165, 1.54) is 37.4 Å². The van der Waals surface area contributed by atoms with Crippen molar-refractivity contribution >= 4 is 27.6 Å². The second kappa shape index (κ2) is 7.64. The van der Waals surface area contributed by atoms with E-state index in [-0.39, 0.29) is 17.3 Å². The molecule has 10 heteroatoms. The summed E-state index contributed by atoms with van der Waals surface area (Å²) in [5.41, 5.74) is 0.599. The van der Waals surface area contributed by atoms with Crippen LogP contribution in [0.25, 0.3) is 0 Å². The molecule has 0 saturated heterocycles. The zero-order valence-electron chi connectivity index (χ0n) is 14.2. The molecule has 142 valence electrons. The summed E-state index contributed by atoms with van der Waals surface area (Å²) in [6.45, 7) is -0.460. The molecule has 2 aromatic carbocycles. The summed E-state index contributed by atoms with van der Waals surface area (Å²) in [6.07, 6.45) is 0. The van der Waals surface area contributed by atoms with Gasteiger partial charge in [-0.25, -0.2) is 17.9 Å². The van der Waals surface area contributed by atoms with Crippen LogP contribution in [-0.2, 0) is 19.6 Å². The van der Waals surface area contributed by atoms with E-state index in [0.29, 0.717) is 17.2 Å². The molecule has 27 heavy (non-hydrogen) atoms. The summed E-state index contributed by atoms with van der Waals surface area (Å²) in [5, 5.41) is 2.51. The predicted molar refractivity (Wildman–Crippen MR) is 94.2 cm³/mol. The first-order valence-electron chi connectivity index (χ1n) is 7.76. The van der Waals surface area contributed by atoms with Gasteiger partial charge in [-0.1, -0.05) is 6.07 Å². The van der Waals surface area contributed by atoms with E-state index in [9.17, 15) is 18.0 Å². The number of benzene rings is 2. The Morgan fingerprint density at radius 3 is 2.67 bits per heavy atom. The van der Waals surface area contributed by atoms with E-state index in [1.807, 2.05) is 0 Å². The Balaban J connectivity index is 1.62. The van der Waals surface area contributed by atoms with Gasteiger partial charge in [-0.05, 0) is 30.3 Å². The highest BCUT2D eigenvalue weighted by atomic mass is 32.2. The molecular weight excluding hydrogens is 376 g/mol. The Kier molecular flexibility index (Phi) is 5.28. The average Bonchev–Trinajstić information content (AvgIpc) is 3.14. The number of ether oxygens (including phenoxy) is 3. The normalized spacial score (nSPS) is 12.5. The van der Waals surface area contributed by atoms with Crippen LogP contribution in [0.15, 0.2) is 47.4 Å². The number of nitrogens with one attached hydrogen (secondary N) is 2. The quantitative estimate of drug-likeness (QED) is 0.707. The second-order valence-electron chi connectivity index (χ2n) is 5.46. The fourth-order valence-electron chi connectivity index (χ4n) is 2.33. The van der Waals surface area contributed by atoms with E-state index >= 15 is 0 Å². The van der Waals surface area contributed by atoms with Gasteiger partial charge in [0, 0.05) is 11.8 Å². The van der Waals surface area contributed by atoms with Gasteiger partial charge in [-0.2, -0.15) is 0 Å². The number of carbonyl (C=O) groups is 2. The zero-order valence-corrected chi connectivity index (χ0v) is 15.0. The van der Waals surface area contributed by atoms with Gasteiger partial charge in [0.25, 0.3) is 0 Å². The molecule has 0 bridgehead atoms. The molecule has 0 radical (unpaired) electrons. The number of hydrogen-bond donors (Lipinski definition) is 2. The molecule has 1 heterocycles. The van der Waals surface area contributed by atoms with Crippen LogP contribution in [0, 0.1) is 0 Å². The van der Waals surface area contributed by atoms with Crippen molar-refractivity contribution in [1.82, 2.24) is 4.72 Å². The highest BCUT2D eigenvalue weighted by molar-refractivity contribution is 7.89. The summed E-state index contributed by atoms with van der Waals surface area (Å²) in [6, 6.07) is 10.3. The van der Waals surface area contributed by atoms with Crippen molar-refractivity contribution in [2.75, 3.05) is 25.8 Å². The fraction of sp³-hybridized carbons (Fsp3) is 0.176. The van der Waals surface area contributed by atoms with Gasteiger partial charge in [0.15, 0.2) is 11.5 Å². The van der Waals surface area contributed by atoms with Crippen LogP contribution < -0.4 is 19.5 Å². The molecule has 2 aromatic rings. The number of fused-ring (bicyclic) bond motifs is 1. The minimum absolute atomic E-state index is 0.0271. The number of carbonyl (C=O) groups excluding carboxylic acids is 2. The van der Waals surface area contributed by atoms with E-state index in [0.717, 1.165) is 0 Å². The lowest BCUT2D eigenvalue weighted by atomic mass is 10.2. The lowest BCUT2D eigenvalue weighted by molar-refractivity contribution is -0.115. The van der Waals surface area contributed by atoms with Gasteiger partial charge in [0.2, 0.25) is 22.7 Å². The molecule has 0 spiro atoms. The van der Waals surface area contributed by atoms with E-state index in [1.54, 1.807) is 12.1 Å². The Bertz CT molecular complexity index is 989. The third-order valence-electron chi connectivity index (χ3n) is 3.64. The van der Waals surface area contributed by atoms with Crippen LogP contribution in [0.1, 0.15) is 10.4 Å². The predicted octanol–water partition coefficient (Wildman–Crippen LogP) is 1.12. The molecular formula is C17H16N2O7S. The molecule has 1 aliphatic rings. The molecule has 0 aliphatic carbocycles. The highest BCUT2D eigenvalue weighted by Crippen LogP contribution is 2.33. The van der Waals surface area contributed by atoms with Gasteiger partial charge >= 0.3 is 5.97 Å². The van der Waals surface area contributed by atoms with Crippen molar-refractivity contribution < 1.29 is 32.2 Å². The molecule has 0 aromatic heterocycles. The molecule has 1 amide bonds. The SMILES string of the molecule is COC(=O)c1cccc(NC(=O)CNS(=O)(=O)c2ccc3c(c2)OCO3)c1. The molecule has 0 atom stereocenters. The van der Waals surface area contributed by atoms with Crippen LogP contribution in [0.3, 0.4) is 0 Å². The lowest BCUT2D eigenvalue weighted by Crippen LogP contribution is -2.32. The van der Waals surface area contributed by atoms with Crippen LogP contribution in [0.5, 0.6) is 11.5 Å². The summed E-state index contributed by atoms with van der Waals surface area (Å²) in [4.78, 5) is 23.5. The van der Waals surface area contributed by atoms with E-state index in [4.69, 9.17) is 9.47 Å². The first kappa shape index (κ1) is 18.7. The maximum Gasteiger partial charge on any atom is 0.337 e. The van der Waals surface area contributed by atoms with Crippen molar-refractivity contribution in [1.29, 1.82) is 0 Å². The maximum atomic E-state index is 12.3. The average molecular weight is 392 g/mol. The molecule has 0 fully saturated rings. The number of esters is 1. The lowest BCUT2D eigenvalue weighted by Gasteiger charge is -2.09. The Labute approximate surface area is 155 Å². The molecule has 1 aliphatic heterocycles. The molecule has 3 rings (SSSR count). The minimum Gasteiger partial charge on any atom is -0.465 e. The van der Waals surface area contributed by atoms with Gasteiger partial charge in [0.1, 0.15) is 0 Å². The standard InChI is InChI=1S/C17H16N2O7S/c1-24-17(21)11-3-2-4-12(7-11)19-16(20)9-18-27(22,23)13-5-6-14-15(8-13)26-10-25-14/h2-8,18H,9-10H2,1H3,(H,19,20). The fourth-order valence-corrected chi connectivity index (χ4v) is 3.33. The number of methoxy groups -OCH3 is 1. The molecule has 2 N–H and O–H groups in total. The summed E-state index contributed by atoms with van der Waals surface area (Å²) in [5.74, 6) is -0.366. The first-order valence-corrected chi connectivity index (χ1v) is 9.25. The van der Waals surface area contributed by atoms with Gasteiger partial charge in [0.05, 0.1) is 24.1 Å². The van der Waals surface area contributed by atoms with Crippen molar-refractivity contribution in [2.45, 2.75) is 4.90 Å². The highest BCUT2D eigenvalue weighted by Gasteiger charge is 2.21. The second-order valence-corrected chi connectivity index (χ2v) is 7.23. The minimum atomic E-state index is -3.92. The summed E-state index contributed by atoms with van der Waals surface area (Å²) < 4.78 is 41.7. The van der Waals surface area contributed by atoms with E-state index < -0.39 is 28.4 Å². The van der Waals surface area contributed by atoms with Crippen molar-refractivity contribution in [3.8, 4) is 11.5 Å². The number of anilines is 1. The van der Waals surface area contributed by atoms with Crippen molar-refractivity contribution in [2.24, 2.45) is 0 Å². The van der Waals surface area contributed by atoms with Crippen LogP contribution >= 0.6 is 0 Å². The van der Waals surface area contributed by atoms with Crippen molar-refractivity contribution in [3.63, 3.8) is 0 Å². The largest absolute Gasteiger partial charge is 0.465 e. The van der Waals surface area contributed by atoms with Crippen LogP contribution in [-0.4, -0.2) is 40.7 Å². The van der Waals surface area contributed by atoms with Gasteiger partial charge < -0.3 is 19.5 Å². The van der Waals surface area contributed by atoms with Crippen LogP contribution in [0.4, 0.5) is 5.69 Å². The van der Waals surface area contributed by atoms with E-state index in [2.05, 4.69) is 14.8 Å². The number of amides is 1. The molecule has 0 saturated carbocycles. The monoisotopic (exact) mass is 392 g/mol. The Morgan fingerprint density at radius 2 is 1.89 bits per heavy atom. The third kappa shape index (κ3) is 4.36. The van der Waals surface area contributed by atoms with Gasteiger partial charge in [-0.15, -0.1) is 0 Å². The topological polar surface area (TPSA) is 120 Å². The zero-order chi connectivity index (χ0) is 19.4. The summed E-state index contributed by atoms with van der Waals surface area (Å²) in [7, 11) is -2.67. The summed E-state index contributed by atoms with van der Waals surface area (Å²) >= 11 is 0. The number of hydrogen-bond acceptors (Lipinski definition) is 7. The number of sulfonamides is 1. The van der Waals surface area contributed by atoms with Crippen LogP contribution in [0.2, 0.25) is 0 Å². The van der Waals surface area contributed by atoms with Crippen molar-refractivity contribution in [3.05, 3.63) is 48.0 Å². The first-order chi connectivity index (χ1) is 12.9. The maximum absolute atomic E-state index is 12.3. The number of rotatable bonds is 6. The molecule has 0 unspecified atom stereocenters.